The topological polar surface area (TPSA) is 223 Å². The summed E-state index contributed by atoms with van der Waals surface area (Å²) in [5.74, 6) is -4.83. The summed E-state index contributed by atoms with van der Waals surface area (Å²) in [5.41, 5.74) is -0.352. The molecule has 1 aromatic heterocycles. The third-order valence-electron chi connectivity index (χ3n) is 15.0. The molecule has 0 spiro atoms. The van der Waals surface area contributed by atoms with Crippen LogP contribution in [0, 0.1) is 34.5 Å². The highest BCUT2D eigenvalue weighted by atomic mass is 32.1. The first kappa shape index (κ1) is 64.2. The van der Waals surface area contributed by atoms with E-state index in [2.05, 4.69) is 15.6 Å². The predicted octanol–water partition coefficient (Wildman–Crippen LogP) is 6.54. The predicted molar refractivity (Wildman–Crippen MR) is 292 cm³/mol. The summed E-state index contributed by atoms with van der Waals surface area (Å²) < 4.78 is 18.2. The Kier molecular flexibility index (Phi) is 24.2. The molecular weight excluding hydrogens is 1010 g/mol. The number of imide groups is 1. The van der Waals surface area contributed by atoms with Gasteiger partial charge < -0.3 is 44.4 Å². The Bertz CT molecular complexity index is 2280. The van der Waals surface area contributed by atoms with Crippen LogP contribution in [0.25, 0.3) is 0 Å². The smallest absolute Gasteiger partial charge is 0.333 e. The molecule has 4 rings (SSSR count). The lowest BCUT2D eigenvalue weighted by atomic mass is 9.88. The van der Waals surface area contributed by atoms with Crippen LogP contribution in [-0.4, -0.2) is 157 Å². The van der Waals surface area contributed by atoms with E-state index in [1.165, 1.54) is 23.3 Å². The first-order valence-electron chi connectivity index (χ1n) is 27.2. The summed E-state index contributed by atoms with van der Waals surface area (Å²) in [6.07, 6.45) is 2.83. The fraction of sp³-hybridized carbons (Fsp3) is 0.702. The van der Waals surface area contributed by atoms with Gasteiger partial charge in [0.2, 0.25) is 29.5 Å². The Labute approximate surface area is 461 Å². The number of likely N-dealkylation sites (tertiary alicyclic amines) is 1. The van der Waals surface area contributed by atoms with Gasteiger partial charge in [-0.2, -0.15) is 0 Å². The SMILES string of the molecule is CCC(C)C([C@@H](CC(=O)N1CCC[C@H]1[C@H](OC)[C@@H](C)C(=O)N[C@@H](Cc1ccccc1)c1nccs1)OC)N(C)C(=O)[C@@H](NC(=O)C(C(C)C)N(C)C(=O)CC(C)(C)COCC(C)(C)CC(=O)ON1C(=O)CCC1=O)C(C)C. The van der Waals surface area contributed by atoms with Crippen molar-refractivity contribution in [3.8, 4) is 0 Å². The number of nitrogens with zero attached hydrogens (tertiary/aromatic N) is 5. The molecular formula is C57H89N7O12S. The molecule has 430 valence electrons. The molecule has 9 atom stereocenters. The number of rotatable bonds is 30. The number of thiazole rings is 1. The maximum atomic E-state index is 14.8. The number of likely N-dealkylation sites (N-methyl/N-ethyl adjacent to an activating group) is 2. The number of carbonyl (C=O) groups is 8. The second-order valence-corrected chi connectivity index (χ2v) is 24.3. The first-order chi connectivity index (χ1) is 36.2. The van der Waals surface area contributed by atoms with Crippen molar-refractivity contribution < 1.29 is 57.4 Å². The van der Waals surface area contributed by atoms with Crippen molar-refractivity contribution in [2.75, 3.05) is 48.1 Å². The summed E-state index contributed by atoms with van der Waals surface area (Å²) in [4.78, 5) is 123. The number of hydrogen-bond acceptors (Lipinski definition) is 14. The van der Waals surface area contributed by atoms with Gasteiger partial charge in [-0.3, -0.25) is 33.6 Å². The van der Waals surface area contributed by atoms with Crippen molar-refractivity contribution >= 4 is 58.7 Å². The summed E-state index contributed by atoms with van der Waals surface area (Å²) in [5, 5.41) is 9.44. The molecule has 3 heterocycles. The van der Waals surface area contributed by atoms with Crippen molar-refractivity contribution in [1.82, 2.24) is 35.4 Å². The van der Waals surface area contributed by atoms with Crippen molar-refractivity contribution in [2.24, 2.45) is 34.5 Å². The summed E-state index contributed by atoms with van der Waals surface area (Å²) in [6, 6.07) is 6.70. The van der Waals surface area contributed by atoms with Crippen LogP contribution in [0.1, 0.15) is 144 Å². The number of ether oxygens (including phenoxy) is 3. The Balaban J connectivity index is 1.41. The lowest BCUT2D eigenvalue weighted by molar-refractivity contribution is -0.199. The van der Waals surface area contributed by atoms with E-state index in [9.17, 15) is 38.4 Å². The van der Waals surface area contributed by atoms with Crippen LogP contribution in [0.4, 0.5) is 0 Å². The van der Waals surface area contributed by atoms with Crippen LogP contribution in [0.5, 0.6) is 0 Å². The van der Waals surface area contributed by atoms with Crippen LogP contribution in [0.3, 0.4) is 0 Å². The maximum absolute atomic E-state index is 14.8. The van der Waals surface area contributed by atoms with Crippen molar-refractivity contribution in [3.63, 3.8) is 0 Å². The molecule has 19 nitrogen and oxygen atoms in total. The number of methoxy groups -OCH3 is 2. The number of hydrogen-bond donors (Lipinski definition) is 2. The standard InChI is InChI=1S/C57H89N7O12S/c1-16-37(6)50(42(73-14)30-45(67)63-27-20-23-41(63)51(74-15)38(7)52(70)59-40(54-58-26-28-77-54)29-39-21-18-17-19-22-39)62(13)55(72)48(35(2)3)60-53(71)49(36(4)5)61(12)46(68)31-56(8,9)33-75-34-57(10,11)32-47(69)76-64-43(65)24-25-44(64)66/h17-19,21-22,26,28,35-38,40-42,48-51H,16,20,23-25,27,29-34H2,1-15H3,(H,59,70)(H,60,71)/t37?,38-,40+,41+,42-,48+,49?,50?,51-/m1/s1. The molecule has 2 saturated heterocycles. The van der Waals surface area contributed by atoms with E-state index in [0.717, 1.165) is 17.0 Å². The lowest BCUT2D eigenvalue weighted by Crippen LogP contribution is -2.60. The van der Waals surface area contributed by atoms with Crippen LogP contribution in [0.15, 0.2) is 41.9 Å². The van der Waals surface area contributed by atoms with Gasteiger partial charge in [-0.05, 0) is 53.4 Å². The number of nitrogens with one attached hydrogen (secondary N) is 2. The third kappa shape index (κ3) is 17.9. The summed E-state index contributed by atoms with van der Waals surface area (Å²) >= 11 is 1.48. The second kappa shape index (κ2) is 29.1. The van der Waals surface area contributed by atoms with E-state index in [-0.39, 0.29) is 98.8 Å². The molecule has 2 aliphatic rings. The highest BCUT2D eigenvalue weighted by Crippen LogP contribution is 2.32. The fourth-order valence-electron chi connectivity index (χ4n) is 10.5. The van der Waals surface area contributed by atoms with Crippen molar-refractivity contribution in [1.29, 1.82) is 0 Å². The molecule has 2 aliphatic heterocycles. The van der Waals surface area contributed by atoms with Crippen molar-refractivity contribution in [2.45, 2.75) is 176 Å². The minimum atomic E-state index is -0.986. The number of hydroxylamine groups is 2. The second-order valence-electron chi connectivity index (χ2n) is 23.4. The van der Waals surface area contributed by atoms with Crippen LogP contribution in [0.2, 0.25) is 0 Å². The van der Waals surface area contributed by atoms with Gasteiger partial charge in [-0.25, -0.2) is 9.78 Å². The average molecular weight is 1100 g/mol. The summed E-state index contributed by atoms with van der Waals surface area (Å²) in [6.45, 7) is 21.2. The number of carbonyl (C=O) groups excluding carboxylic acids is 8. The quantitative estimate of drug-likeness (QED) is 0.0794. The highest BCUT2D eigenvalue weighted by Gasteiger charge is 2.44. The van der Waals surface area contributed by atoms with E-state index in [0.29, 0.717) is 30.9 Å². The minimum absolute atomic E-state index is 0.00281. The molecule has 0 bridgehead atoms. The highest BCUT2D eigenvalue weighted by molar-refractivity contribution is 7.09. The molecule has 2 aromatic rings. The molecule has 20 heteroatoms. The molecule has 7 amide bonds. The minimum Gasteiger partial charge on any atom is -0.380 e. The Morgan fingerprint density at radius 3 is 2.00 bits per heavy atom. The Morgan fingerprint density at radius 2 is 1.45 bits per heavy atom. The molecule has 0 saturated carbocycles. The van der Waals surface area contributed by atoms with E-state index >= 15 is 0 Å². The molecule has 2 N–H and O–H groups in total. The third-order valence-corrected chi connectivity index (χ3v) is 15.9. The zero-order chi connectivity index (χ0) is 57.5. The van der Waals surface area contributed by atoms with E-state index < -0.39 is 70.8 Å². The molecule has 0 radical (unpaired) electrons. The van der Waals surface area contributed by atoms with Gasteiger partial charge in [0.15, 0.2) is 0 Å². The van der Waals surface area contributed by atoms with Gasteiger partial charge in [-0.1, -0.05) is 113 Å². The van der Waals surface area contributed by atoms with E-state index in [1.807, 2.05) is 98.0 Å². The zero-order valence-corrected chi connectivity index (χ0v) is 49.2. The van der Waals surface area contributed by atoms with E-state index in [4.69, 9.17) is 19.0 Å². The Hall–Kier alpha value is -5.31. The Morgan fingerprint density at radius 1 is 0.831 bits per heavy atom. The maximum Gasteiger partial charge on any atom is 0.333 e. The fourth-order valence-corrected chi connectivity index (χ4v) is 11.2. The average Bonchev–Trinajstić information content (AvgIpc) is 4.15. The van der Waals surface area contributed by atoms with Gasteiger partial charge >= 0.3 is 5.97 Å². The van der Waals surface area contributed by atoms with E-state index in [1.54, 1.807) is 51.0 Å². The van der Waals surface area contributed by atoms with Crippen LogP contribution in [-0.2, 0) is 63.8 Å². The van der Waals surface area contributed by atoms with Gasteiger partial charge in [-0.15, -0.1) is 16.4 Å². The molecule has 0 aliphatic carbocycles. The number of aromatic nitrogens is 1. The monoisotopic (exact) mass is 1100 g/mol. The van der Waals surface area contributed by atoms with Crippen LogP contribution < -0.4 is 10.6 Å². The lowest BCUT2D eigenvalue weighted by Gasteiger charge is -2.41. The molecule has 77 heavy (non-hydrogen) atoms. The largest absolute Gasteiger partial charge is 0.380 e. The zero-order valence-electron chi connectivity index (χ0n) is 48.4. The number of benzene rings is 1. The van der Waals surface area contributed by atoms with Crippen LogP contribution >= 0.6 is 11.3 Å². The van der Waals surface area contributed by atoms with Crippen molar-refractivity contribution in [3.05, 3.63) is 52.5 Å². The molecule has 1 aromatic carbocycles. The van der Waals surface area contributed by atoms with Gasteiger partial charge in [0.25, 0.3) is 11.8 Å². The number of amides is 7. The summed E-state index contributed by atoms with van der Waals surface area (Å²) in [7, 11) is 6.36. The first-order valence-corrected chi connectivity index (χ1v) is 28.1. The van der Waals surface area contributed by atoms with Gasteiger partial charge in [0.1, 0.15) is 17.1 Å². The normalized spacial score (nSPS) is 18.3. The van der Waals surface area contributed by atoms with Gasteiger partial charge in [0, 0.05) is 65.7 Å². The molecule has 3 unspecified atom stereocenters. The van der Waals surface area contributed by atoms with Gasteiger partial charge in [0.05, 0.1) is 62.3 Å². The molecule has 2 fully saturated rings.